The SMILES string of the molecule is C[C@H](C(=O)Nc1ccc(F)cc1Cl)N1CCN(CC(=O)N2CCOCC2)CC1. The summed E-state index contributed by atoms with van der Waals surface area (Å²) in [6, 6.07) is 3.54. The van der Waals surface area contributed by atoms with Gasteiger partial charge in [0.05, 0.1) is 36.5 Å². The molecule has 154 valence electrons. The number of piperazine rings is 1. The van der Waals surface area contributed by atoms with Crippen LogP contribution in [-0.2, 0) is 14.3 Å². The molecule has 9 heteroatoms. The first-order valence-corrected chi connectivity index (χ1v) is 9.89. The fourth-order valence-corrected chi connectivity index (χ4v) is 3.62. The van der Waals surface area contributed by atoms with Crippen molar-refractivity contribution in [3.8, 4) is 0 Å². The van der Waals surface area contributed by atoms with E-state index in [0.29, 0.717) is 51.6 Å². The van der Waals surface area contributed by atoms with Gasteiger partial charge in [-0.25, -0.2) is 4.39 Å². The number of benzene rings is 1. The van der Waals surface area contributed by atoms with Gasteiger partial charge in [0.1, 0.15) is 5.82 Å². The lowest BCUT2D eigenvalue weighted by molar-refractivity contribution is -0.137. The van der Waals surface area contributed by atoms with Gasteiger partial charge in [0, 0.05) is 39.3 Å². The van der Waals surface area contributed by atoms with Gasteiger partial charge in [0.15, 0.2) is 0 Å². The van der Waals surface area contributed by atoms with Gasteiger partial charge in [-0.3, -0.25) is 19.4 Å². The Bertz CT molecular complexity index is 706. The number of nitrogens with one attached hydrogen (secondary N) is 1. The Labute approximate surface area is 169 Å². The molecule has 0 bridgehead atoms. The van der Waals surface area contributed by atoms with E-state index in [1.165, 1.54) is 18.2 Å². The zero-order valence-corrected chi connectivity index (χ0v) is 16.8. The Balaban J connectivity index is 1.45. The van der Waals surface area contributed by atoms with Gasteiger partial charge in [-0.05, 0) is 25.1 Å². The topological polar surface area (TPSA) is 65.1 Å². The van der Waals surface area contributed by atoms with E-state index in [4.69, 9.17) is 16.3 Å². The van der Waals surface area contributed by atoms with Gasteiger partial charge in [0.25, 0.3) is 0 Å². The van der Waals surface area contributed by atoms with Crippen LogP contribution in [0.15, 0.2) is 18.2 Å². The van der Waals surface area contributed by atoms with Crippen LogP contribution in [-0.4, -0.2) is 91.6 Å². The minimum Gasteiger partial charge on any atom is -0.378 e. The molecule has 0 unspecified atom stereocenters. The molecule has 2 fully saturated rings. The normalized spacial score (nSPS) is 20.0. The van der Waals surface area contributed by atoms with Crippen molar-refractivity contribution < 1.29 is 18.7 Å². The summed E-state index contributed by atoms with van der Waals surface area (Å²) in [4.78, 5) is 30.9. The largest absolute Gasteiger partial charge is 0.378 e. The second kappa shape index (κ2) is 9.65. The van der Waals surface area contributed by atoms with Crippen LogP contribution >= 0.6 is 11.6 Å². The van der Waals surface area contributed by atoms with Crippen molar-refractivity contribution in [3.63, 3.8) is 0 Å². The number of morpholine rings is 1. The molecule has 2 heterocycles. The molecule has 0 spiro atoms. The van der Waals surface area contributed by atoms with Crippen molar-refractivity contribution in [1.82, 2.24) is 14.7 Å². The first kappa shape index (κ1) is 21.0. The molecule has 7 nitrogen and oxygen atoms in total. The molecule has 0 saturated carbocycles. The lowest BCUT2D eigenvalue weighted by Gasteiger charge is -2.38. The fraction of sp³-hybridized carbons (Fsp3) is 0.579. The van der Waals surface area contributed by atoms with Crippen molar-refractivity contribution in [3.05, 3.63) is 29.0 Å². The third-order valence-corrected chi connectivity index (χ3v) is 5.56. The molecule has 0 aliphatic carbocycles. The van der Waals surface area contributed by atoms with Crippen molar-refractivity contribution >= 4 is 29.1 Å². The molecular weight excluding hydrogens is 387 g/mol. The van der Waals surface area contributed by atoms with Gasteiger partial charge in [-0.1, -0.05) is 11.6 Å². The van der Waals surface area contributed by atoms with Crippen LogP contribution in [0.25, 0.3) is 0 Å². The maximum Gasteiger partial charge on any atom is 0.241 e. The third-order valence-electron chi connectivity index (χ3n) is 5.25. The number of nitrogens with zero attached hydrogens (tertiary/aromatic N) is 3. The summed E-state index contributed by atoms with van der Waals surface area (Å²) in [6.45, 7) is 7.60. The lowest BCUT2D eigenvalue weighted by Crippen LogP contribution is -2.55. The Morgan fingerprint density at radius 3 is 2.50 bits per heavy atom. The van der Waals surface area contributed by atoms with Crippen LogP contribution in [0.2, 0.25) is 5.02 Å². The molecule has 1 atom stereocenters. The maximum absolute atomic E-state index is 13.1. The van der Waals surface area contributed by atoms with Crippen molar-refractivity contribution in [1.29, 1.82) is 0 Å². The first-order valence-electron chi connectivity index (χ1n) is 9.52. The summed E-state index contributed by atoms with van der Waals surface area (Å²) >= 11 is 5.98. The standard InChI is InChI=1S/C19H26ClFN4O3/c1-14(19(27)22-17-3-2-15(21)12-16(17)20)24-6-4-23(5-7-24)13-18(26)25-8-10-28-11-9-25/h2-3,12,14H,4-11,13H2,1H3,(H,22,27)/t14-/m1/s1. The molecule has 0 radical (unpaired) electrons. The quantitative estimate of drug-likeness (QED) is 0.789. The number of anilines is 1. The van der Waals surface area contributed by atoms with Gasteiger partial charge in [0.2, 0.25) is 11.8 Å². The Morgan fingerprint density at radius 2 is 1.86 bits per heavy atom. The third kappa shape index (κ3) is 5.41. The monoisotopic (exact) mass is 412 g/mol. The van der Waals surface area contributed by atoms with E-state index in [1.807, 2.05) is 11.8 Å². The molecule has 3 rings (SSSR count). The molecule has 1 aromatic carbocycles. The highest BCUT2D eigenvalue weighted by Crippen LogP contribution is 2.23. The molecule has 28 heavy (non-hydrogen) atoms. The molecule has 2 aliphatic rings. The molecule has 1 N–H and O–H groups in total. The first-order chi connectivity index (χ1) is 13.4. The van der Waals surface area contributed by atoms with Gasteiger partial charge < -0.3 is 15.0 Å². The van der Waals surface area contributed by atoms with E-state index in [2.05, 4.69) is 15.1 Å². The van der Waals surface area contributed by atoms with Crippen LogP contribution < -0.4 is 5.32 Å². The Kier molecular flexibility index (Phi) is 7.23. The number of ether oxygens (including phenoxy) is 1. The summed E-state index contributed by atoms with van der Waals surface area (Å²) in [5.74, 6) is -0.501. The van der Waals surface area contributed by atoms with Crippen molar-refractivity contribution in [2.45, 2.75) is 13.0 Å². The number of hydrogen-bond donors (Lipinski definition) is 1. The summed E-state index contributed by atoms with van der Waals surface area (Å²) in [6.07, 6.45) is 0. The highest BCUT2D eigenvalue weighted by molar-refractivity contribution is 6.33. The molecule has 2 amide bonds. The van der Waals surface area contributed by atoms with Crippen LogP contribution in [0.1, 0.15) is 6.92 Å². The molecule has 2 saturated heterocycles. The number of carbonyl (C=O) groups is 2. The second-order valence-electron chi connectivity index (χ2n) is 7.09. The predicted molar refractivity (Wildman–Crippen MR) is 105 cm³/mol. The highest BCUT2D eigenvalue weighted by atomic mass is 35.5. The van der Waals surface area contributed by atoms with Gasteiger partial charge in [-0.2, -0.15) is 0 Å². The van der Waals surface area contributed by atoms with Crippen LogP contribution in [0.3, 0.4) is 0 Å². The van der Waals surface area contributed by atoms with Gasteiger partial charge in [-0.15, -0.1) is 0 Å². The van der Waals surface area contributed by atoms with E-state index in [-0.39, 0.29) is 22.9 Å². The Hall–Kier alpha value is -1.74. The molecule has 1 aromatic rings. The van der Waals surface area contributed by atoms with E-state index < -0.39 is 5.82 Å². The second-order valence-corrected chi connectivity index (χ2v) is 7.50. The predicted octanol–water partition coefficient (Wildman–Crippen LogP) is 1.28. The van der Waals surface area contributed by atoms with Crippen molar-refractivity contribution in [2.24, 2.45) is 0 Å². The minimum atomic E-state index is -0.446. The number of rotatable bonds is 5. The average molecular weight is 413 g/mol. The summed E-state index contributed by atoms with van der Waals surface area (Å²) in [5, 5.41) is 2.93. The number of amides is 2. The molecule has 2 aliphatic heterocycles. The number of halogens is 2. The lowest BCUT2D eigenvalue weighted by atomic mass is 10.2. The Morgan fingerprint density at radius 1 is 1.18 bits per heavy atom. The van der Waals surface area contributed by atoms with Crippen LogP contribution in [0.5, 0.6) is 0 Å². The van der Waals surface area contributed by atoms with E-state index >= 15 is 0 Å². The zero-order valence-electron chi connectivity index (χ0n) is 16.0. The zero-order chi connectivity index (χ0) is 20.1. The van der Waals surface area contributed by atoms with E-state index in [1.54, 1.807) is 0 Å². The molecular formula is C19H26ClFN4O3. The summed E-state index contributed by atoms with van der Waals surface area (Å²) in [7, 11) is 0. The van der Waals surface area contributed by atoms with E-state index in [9.17, 15) is 14.0 Å². The van der Waals surface area contributed by atoms with Crippen molar-refractivity contribution in [2.75, 3.05) is 64.3 Å². The average Bonchev–Trinajstić information content (AvgIpc) is 2.70. The highest BCUT2D eigenvalue weighted by Gasteiger charge is 2.28. The minimum absolute atomic E-state index is 0.133. The van der Waals surface area contributed by atoms with Gasteiger partial charge >= 0.3 is 0 Å². The van der Waals surface area contributed by atoms with Crippen LogP contribution in [0.4, 0.5) is 10.1 Å². The van der Waals surface area contributed by atoms with E-state index in [0.717, 1.165) is 13.1 Å². The smallest absolute Gasteiger partial charge is 0.241 e. The van der Waals surface area contributed by atoms with Crippen LogP contribution in [0, 0.1) is 5.82 Å². The number of hydrogen-bond acceptors (Lipinski definition) is 5. The number of carbonyl (C=O) groups excluding carboxylic acids is 2. The maximum atomic E-state index is 13.1. The fourth-order valence-electron chi connectivity index (χ4n) is 3.41. The summed E-state index contributed by atoms with van der Waals surface area (Å²) < 4.78 is 18.4. The molecule has 0 aromatic heterocycles. The summed E-state index contributed by atoms with van der Waals surface area (Å²) in [5.41, 5.74) is 0.398.